The zero-order valence-corrected chi connectivity index (χ0v) is 15.7. The van der Waals surface area contributed by atoms with Gasteiger partial charge < -0.3 is 5.32 Å². The van der Waals surface area contributed by atoms with Gasteiger partial charge in [0.2, 0.25) is 5.95 Å². The molecule has 1 aliphatic rings. The molecule has 1 atom stereocenters. The van der Waals surface area contributed by atoms with Crippen LogP contribution in [0.5, 0.6) is 0 Å². The van der Waals surface area contributed by atoms with Gasteiger partial charge in [0.05, 0.1) is 10.6 Å². The highest BCUT2D eigenvalue weighted by Gasteiger charge is 2.35. The summed E-state index contributed by atoms with van der Waals surface area (Å²) in [6, 6.07) is 12.4. The van der Waals surface area contributed by atoms with E-state index in [-0.39, 0.29) is 17.3 Å². The smallest absolute Gasteiger partial charge is 0.288 e. The fourth-order valence-electron chi connectivity index (χ4n) is 3.48. The van der Waals surface area contributed by atoms with Crippen LogP contribution in [-0.4, -0.2) is 35.3 Å². The van der Waals surface area contributed by atoms with Gasteiger partial charge in [-0.1, -0.05) is 34.9 Å². The fraction of sp³-hybridized carbons (Fsp3) is 0.0556. The number of aromatic nitrogens is 6. The van der Waals surface area contributed by atoms with E-state index >= 15 is 0 Å². The molecule has 1 aliphatic heterocycles. The fourth-order valence-corrected chi connectivity index (χ4v) is 3.72. The number of fused-ring (bicyclic) bond motifs is 2. The molecule has 2 aromatic carbocycles. The Kier molecular flexibility index (Phi) is 4.03. The highest BCUT2D eigenvalue weighted by molar-refractivity contribution is 6.31. The molecule has 0 unspecified atom stereocenters. The van der Waals surface area contributed by atoms with E-state index in [1.165, 1.54) is 16.8 Å². The van der Waals surface area contributed by atoms with Gasteiger partial charge in [-0.25, -0.2) is 5.10 Å². The monoisotopic (exact) mass is 422 g/mol. The molecule has 0 radical (unpaired) electrons. The number of rotatable bonds is 3. The standard InChI is InChI=1S/C18H11ClN8O3/c19-12-4-2-1-3-11(12)16-13-14(9-5-7-10(8-6-9)27(29)30)21-22-17(28)15(13)20-18-23-24-25-26(16)18/h1-8,16H,(H,22,28)(H,20,23,25)/t16-/m1/s1. The number of nitro benzene ring substituents is 1. The SMILES string of the molecule is O=c1[nH]nc(-c2ccc([N+](=O)[O-])cc2)c2c1Nc1nnnn1[C@@H]2c1ccccc1Cl. The van der Waals surface area contributed by atoms with Crippen molar-refractivity contribution in [1.82, 2.24) is 30.4 Å². The molecule has 30 heavy (non-hydrogen) atoms. The third-order valence-electron chi connectivity index (χ3n) is 4.82. The van der Waals surface area contributed by atoms with Crippen LogP contribution in [0.3, 0.4) is 0 Å². The molecular weight excluding hydrogens is 412 g/mol. The number of benzene rings is 2. The van der Waals surface area contributed by atoms with Crippen molar-refractivity contribution >= 4 is 28.9 Å². The van der Waals surface area contributed by atoms with Gasteiger partial charge in [0.1, 0.15) is 11.7 Å². The molecule has 2 N–H and O–H groups in total. The summed E-state index contributed by atoms with van der Waals surface area (Å²) in [6.07, 6.45) is 0. The molecule has 2 aromatic heterocycles. The number of nitro groups is 1. The van der Waals surface area contributed by atoms with Crippen LogP contribution in [0.4, 0.5) is 17.3 Å². The number of non-ortho nitro benzene ring substituents is 1. The summed E-state index contributed by atoms with van der Waals surface area (Å²) in [5.41, 5.74) is 1.88. The second-order valence-corrected chi connectivity index (χ2v) is 6.90. The first kappa shape index (κ1) is 17.9. The van der Waals surface area contributed by atoms with Gasteiger partial charge in [0, 0.05) is 33.8 Å². The lowest BCUT2D eigenvalue weighted by molar-refractivity contribution is -0.384. The van der Waals surface area contributed by atoms with Crippen molar-refractivity contribution in [1.29, 1.82) is 0 Å². The Hall–Kier alpha value is -4.12. The van der Waals surface area contributed by atoms with Gasteiger partial charge in [0.15, 0.2) is 0 Å². The maximum atomic E-state index is 12.6. The Balaban J connectivity index is 1.79. The van der Waals surface area contributed by atoms with E-state index in [0.29, 0.717) is 27.4 Å². The summed E-state index contributed by atoms with van der Waals surface area (Å²) in [5, 5.41) is 32.8. The van der Waals surface area contributed by atoms with Gasteiger partial charge >= 0.3 is 0 Å². The van der Waals surface area contributed by atoms with Gasteiger partial charge in [-0.05, 0) is 28.6 Å². The third-order valence-corrected chi connectivity index (χ3v) is 5.16. The molecule has 12 heteroatoms. The minimum atomic E-state index is -0.639. The third kappa shape index (κ3) is 2.71. The predicted octanol–water partition coefficient (Wildman–Crippen LogP) is 2.68. The van der Waals surface area contributed by atoms with Crippen LogP contribution in [0.1, 0.15) is 17.2 Å². The van der Waals surface area contributed by atoms with E-state index in [2.05, 4.69) is 31.0 Å². The van der Waals surface area contributed by atoms with Crippen LogP contribution in [0.25, 0.3) is 11.3 Å². The van der Waals surface area contributed by atoms with E-state index in [9.17, 15) is 14.9 Å². The number of nitrogens with one attached hydrogen (secondary N) is 2. The number of nitrogens with zero attached hydrogens (tertiary/aromatic N) is 6. The summed E-state index contributed by atoms with van der Waals surface area (Å²) >= 11 is 6.47. The maximum Gasteiger partial charge on any atom is 0.288 e. The van der Waals surface area contributed by atoms with Crippen molar-refractivity contribution in [3.63, 3.8) is 0 Å². The zero-order chi connectivity index (χ0) is 20.8. The minimum absolute atomic E-state index is 0.0550. The first-order chi connectivity index (χ1) is 14.5. The lowest BCUT2D eigenvalue weighted by atomic mass is 9.92. The van der Waals surface area contributed by atoms with Crippen molar-refractivity contribution < 1.29 is 4.92 Å². The van der Waals surface area contributed by atoms with E-state index < -0.39 is 16.5 Å². The van der Waals surface area contributed by atoms with Crippen LogP contribution in [-0.2, 0) is 0 Å². The van der Waals surface area contributed by atoms with Gasteiger partial charge in [0.25, 0.3) is 11.2 Å². The molecule has 0 spiro atoms. The summed E-state index contributed by atoms with van der Waals surface area (Å²) in [4.78, 5) is 23.1. The molecule has 0 fully saturated rings. The average Bonchev–Trinajstić information content (AvgIpc) is 3.22. The number of H-pyrrole nitrogens is 1. The Morgan fingerprint density at radius 2 is 1.90 bits per heavy atom. The Labute approximate surface area is 172 Å². The van der Waals surface area contributed by atoms with Gasteiger partial charge in [-0.2, -0.15) is 9.78 Å². The molecule has 0 saturated heterocycles. The molecule has 3 heterocycles. The molecule has 0 aliphatic carbocycles. The Bertz CT molecular complexity index is 1350. The van der Waals surface area contributed by atoms with Crippen molar-refractivity contribution in [3.8, 4) is 11.3 Å². The van der Waals surface area contributed by atoms with Crippen LogP contribution in [0.15, 0.2) is 53.3 Å². The second kappa shape index (κ2) is 6.74. The molecule has 5 rings (SSSR count). The Morgan fingerprint density at radius 3 is 2.63 bits per heavy atom. The number of anilines is 2. The van der Waals surface area contributed by atoms with Gasteiger partial charge in [-0.15, -0.1) is 0 Å². The number of tetrazole rings is 1. The highest BCUT2D eigenvalue weighted by atomic mass is 35.5. The first-order valence-electron chi connectivity index (χ1n) is 8.71. The zero-order valence-electron chi connectivity index (χ0n) is 15.0. The lowest BCUT2D eigenvalue weighted by Gasteiger charge is -2.28. The Morgan fingerprint density at radius 1 is 1.13 bits per heavy atom. The van der Waals surface area contributed by atoms with E-state index in [4.69, 9.17) is 11.6 Å². The number of hydrogen-bond acceptors (Lipinski definition) is 8. The molecule has 11 nitrogen and oxygen atoms in total. The second-order valence-electron chi connectivity index (χ2n) is 6.49. The van der Waals surface area contributed by atoms with Crippen LogP contribution < -0.4 is 10.9 Å². The van der Waals surface area contributed by atoms with Crippen LogP contribution in [0.2, 0.25) is 5.02 Å². The molecule has 0 amide bonds. The summed E-state index contributed by atoms with van der Waals surface area (Å²) < 4.78 is 1.51. The van der Waals surface area contributed by atoms with Crippen molar-refractivity contribution in [2.24, 2.45) is 0 Å². The van der Waals surface area contributed by atoms with Crippen molar-refractivity contribution in [2.75, 3.05) is 5.32 Å². The number of hydrogen-bond donors (Lipinski definition) is 2. The van der Waals surface area contributed by atoms with E-state index in [0.717, 1.165) is 0 Å². The average molecular weight is 423 g/mol. The molecular formula is C18H11ClN8O3. The summed E-state index contributed by atoms with van der Waals surface area (Å²) in [7, 11) is 0. The first-order valence-corrected chi connectivity index (χ1v) is 9.09. The normalized spacial score (nSPS) is 14.5. The number of aromatic amines is 1. The predicted molar refractivity (Wildman–Crippen MR) is 107 cm³/mol. The lowest BCUT2D eigenvalue weighted by Crippen LogP contribution is -2.29. The highest BCUT2D eigenvalue weighted by Crippen LogP contribution is 2.42. The largest absolute Gasteiger partial charge is 0.318 e. The van der Waals surface area contributed by atoms with Crippen LogP contribution >= 0.6 is 11.6 Å². The molecule has 4 aromatic rings. The van der Waals surface area contributed by atoms with E-state index in [1.807, 2.05) is 12.1 Å². The maximum absolute atomic E-state index is 12.6. The quantitative estimate of drug-likeness (QED) is 0.333. The summed E-state index contributed by atoms with van der Waals surface area (Å²) in [6.45, 7) is 0. The summed E-state index contributed by atoms with van der Waals surface area (Å²) in [5.74, 6) is 0.277. The minimum Gasteiger partial charge on any atom is -0.318 e. The van der Waals surface area contributed by atoms with Gasteiger partial charge in [-0.3, -0.25) is 14.9 Å². The topological polar surface area (TPSA) is 145 Å². The molecule has 0 saturated carbocycles. The molecule has 0 bridgehead atoms. The van der Waals surface area contributed by atoms with E-state index in [1.54, 1.807) is 24.3 Å². The van der Waals surface area contributed by atoms with Crippen molar-refractivity contribution in [2.45, 2.75) is 6.04 Å². The van der Waals surface area contributed by atoms with Crippen molar-refractivity contribution in [3.05, 3.63) is 85.1 Å². The number of halogens is 1. The molecule has 148 valence electrons. The van der Waals surface area contributed by atoms with Crippen LogP contribution in [0, 0.1) is 10.1 Å².